The molecule has 2 N–H and O–H groups in total. The molecule has 9 heteroatoms. The second-order valence-electron chi connectivity index (χ2n) is 5.23. The van der Waals surface area contributed by atoms with Gasteiger partial charge in [-0.3, -0.25) is 10.1 Å². The molecule has 0 fully saturated rings. The second-order valence-corrected chi connectivity index (χ2v) is 6.27. The average molecular weight is 380 g/mol. The molecular weight excluding hydrogens is 366 g/mol. The molecule has 2 aromatic rings. The molecule has 1 aliphatic heterocycles. The zero-order valence-electron chi connectivity index (χ0n) is 13.4. The fourth-order valence-electron chi connectivity index (χ4n) is 2.16. The molecule has 6 nitrogen and oxygen atoms in total. The lowest BCUT2D eigenvalue weighted by Gasteiger charge is -2.19. The third-order valence-electron chi connectivity index (χ3n) is 3.31. The SMILES string of the molecule is O=C(CSc1ccc(F)c(F)c1)NC(=O)Nc1ccc2c(c1)OCCO2. The molecule has 1 aliphatic rings. The Morgan fingerprint density at radius 2 is 1.77 bits per heavy atom. The van der Waals surface area contributed by atoms with Crippen molar-refractivity contribution in [3.05, 3.63) is 48.0 Å². The van der Waals surface area contributed by atoms with Gasteiger partial charge in [-0.05, 0) is 30.3 Å². The number of nitrogens with one attached hydrogen (secondary N) is 2. The number of hydrogen-bond acceptors (Lipinski definition) is 5. The molecule has 0 unspecified atom stereocenters. The predicted octanol–water partition coefficient (Wildman–Crippen LogP) is 3.18. The van der Waals surface area contributed by atoms with Crippen LogP contribution in [0.25, 0.3) is 0 Å². The van der Waals surface area contributed by atoms with E-state index in [4.69, 9.17) is 9.47 Å². The number of carbonyl (C=O) groups excluding carboxylic acids is 2. The first-order valence-electron chi connectivity index (χ1n) is 7.59. The van der Waals surface area contributed by atoms with Crippen LogP contribution in [0.5, 0.6) is 11.5 Å². The summed E-state index contributed by atoms with van der Waals surface area (Å²) in [6, 6.07) is 7.48. The van der Waals surface area contributed by atoms with E-state index in [9.17, 15) is 18.4 Å². The van der Waals surface area contributed by atoms with Gasteiger partial charge in [0.05, 0.1) is 5.75 Å². The lowest BCUT2D eigenvalue weighted by atomic mass is 10.2. The fraction of sp³-hybridized carbons (Fsp3) is 0.176. The molecule has 0 bridgehead atoms. The van der Waals surface area contributed by atoms with E-state index in [2.05, 4.69) is 10.6 Å². The van der Waals surface area contributed by atoms with Crippen molar-refractivity contribution < 1.29 is 27.8 Å². The van der Waals surface area contributed by atoms with Crippen molar-refractivity contribution in [1.29, 1.82) is 0 Å². The van der Waals surface area contributed by atoms with Crippen LogP contribution in [0.3, 0.4) is 0 Å². The monoisotopic (exact) mass is 380 g/mol. The van der Waals surface area contributed by atoms with Crippen LogP contribution >= 0.6 is 11.8 Å². The average Bonchev–Trinajstić information content (AvgIpc) is 2.62. The molecular formula is C17H14F2N2O4S. The van der Waals surface area contributed by atoms with Gasteiger partial charge in [-0.25, -0.2) is 13.6 Å². The van der Waals surface area contributed by atoms with Crippen LogP contribution in [0, 0.1) is 11.6 Å². The van der Waals surface area contributed by atoms with Gasteiger partial charge in [0.15, 0.2) is 23.1 Å². The molecule has 136 valence electrons. The first-order chi connectivity index (χ1) is 12.5. The fourth-order valence-corrected chi connectivity index (χ4v) is 2.88. The number of ether oxygens (including phenoxy) is 2. The Labute approximate surface area is 151 Å². The molecule has 0 aliphatic carbocycles. The first kappa shape index (κ1) is 18.0. The number of fused-ring (bicyclic) bond motifs is 1. The highest BCUT2D eigenvalue weighted by molar-refractivity contribution is 8.00. The van der Waals surface area contributed by atoms with Crippen LogP contribution in [-0.4, -0.2) is 30.9 Å². The summed E-state index contributed by atoms with van der Waals surface area (Å²) in [5.74, 6) is -1.56. The Kier molecular flexibility index (Phi) is 5.57. The van der Waals surface area contributed by atoms with Crippen LogP contribution in [0.4, 0.5) is 19.3 Å². The maximum absolute atomic E-state index is 13.1. The topological polar surface area (TPSA) is 76.7 Å². The third kappa shape index (κ3) is 4.63. The summed E-state index contributed by atoms with van der Waals surface area (Å²) < 4.78 is 36.7. The molecule has 26 heavy (non-hydrogen) atoms. The van der Waals surface area contributed by atoms with Gasteiger partial charge in [-0.1, -0.05) is 0 Å². The van der Waals surface area contributed by atoms with Crippen LogP contribution in [0.1, 0.15) is 0 Å². The van der Waals surface area contributed by atoms with Crippen molar-refractivity contribution in [3.8, 4) is 11.5 Å². The van der Waals surface area contributed by atoms with Crippen molar-refractivity contribution in [2.24, 2.45) is 0 Å². The molecule has 0 saturated carbocycles. The van der Waals surface area contributed by atoms with Gasteiger partial charge in [0.2, 0.25) is 5.91 Å². The standard InChI is InChI=1S/C17H14F2N2O4S/c18-12-3-2-11(8-13(12)19)26-9-16(22)21-17(23)20-10-1-4-14-15(7-10)25-6-5-24-14/h1-4,7-8H,5-6,9H2,(H2,20,21,22,23). The molecule has 0 spiro atoms. The van der Waals surface area contributed by atoms with Crippen molar-refractivity contribution >= 4 is 29.4 Å². The number of anilines is 1. The minimum Gasteiger partial charge on any atom is -0.486 e. The molecule has 0 radical (unpaired) electrons. The molecule has 0 atom stereocenters. The summed E-state index contributed by atoms with van der Waals surface area (Å²) in [6.07, 6.45) is 0. The number of urea groups is 1. The molecule has 3 amide bonds. The van der Waals surface area contributed by atoms with E-state index in [1.807, 2.05) is 0 Å². The molecule has 2 aromatic carbocycles. The minimum absolute atomic E-state index is 0.125. The smallest absolute Gasteiger partial charge is 0.325 e. The van der Waals surface area contributed by atoms with Crippen LogP contribution in [-0.2, 0) is 4.79 Å². The lowest BCUT2D eigenvalue weighted by Crippen LogP contribution is -2.35. The van der Waals surface area contributed by atoms with Crippen molar-refractivity contribution in [1.82, 2.24) is 5.32 Å². The Bertz CT molecular complexity index is 848. The summed E-state index contributed by atoms with van der Waals surface area (Å²) in [4.78, 5) is 24.0. The zero-order valence-corrected chi connectivity index (χ0v) is 14.2. The third-order valence-corrected chi connectivity index (χ3v) is 4.31. The number of hydrogen-bond donors (Lipinski definition) is 2. The Morgan fingerprint density at radius 3 is 2.54 bits per heavy atom. The Morgan fingerprint density at radius 1 is 1.00 bits per heavy atom. The molecule has 1 heterocycles. The van der Waals surface area contributed by atoms with E-state index in [0.717, 1.165) is 23.9 Å². The van der Waals surface area contributed by atoms with Gasteiger partial charge < -0.3 is 14.8 Å². The number of imide groups is 1. The van der Waals surface area contributed by atoms with Gasteiger partial charge in [0.1, 0.15) is 13.2 Å². The number of benzene rings is 2. The molecule has 3 rings (SSSR count). The van der Waals surface area contributed by atoms with Gasteiger partial charge in [0.25, 0.3) is 0 Å². The van der Waals surface area contributed by atoms with E-state index in [1.165, 1.54) is 6.07 Å². The van der Waals surface area contributed by atoms with E-state index in [-0.39, 0.29) is 5.75 Å². The number of thioether (sulfide) groups is 1. The van der Waals surface area contributed by atoms with E-state index in [0.29, 0.717) is 35.3 Å². The van der Waals surface area contributed by atoms with Crippen molar-refractivity contribution in [2.45, 2.75) is 4.90 Å². The zero-order chi connectivity index (χ0) is 18.5. The molecule has 0 aromatic heterocycles. The maximum Gasteiger partial charge on any atom is 0.325 e. The number of rotatable bonds is 4. The summed E-state index contributed by atoms with van der Waals surface area (Å²) in [5, 5.41) is 4.67. The number of halogens is 2. The largest absolute Gasteiger partial charge is 0.486 e. The predicted molar refractivity (Wildman–Crippen MR) is 91.7 cm³/mol. The lowest BCUT2D eigenvalue weighted by molar-refractivity contribution is -0.117. The highest BCUT2D eigenvalue weighted by atomic mass is 32.2. The summed E-state index contributed by atoms with van der Waals surface area (Å²) in [6.45, 7) is 0.882. The molecule has 0 saturated heterocycles. The quantitative estimate of drug-likeness (QED) is 0.797. The highest BCUT2D eigenvalue weighted by Crippen LogP contribution is 2.32. The van der Waals surface area contributed by atoms with Crippen molar-refractivity contribution in [3.63, 3.8) is 0 Å². The number of amides is 3. The summed E-state index contributed by atoms with van der Waals surface area (Å²) in [5.41, 5.74) is 0.438. The van der Waals surface area contributed by atoms with E-state index < -0.39 is 23.6 Å². The van der Waals surface area contributed by atoms with Gasteiger partial charge in [0, 0.05) is 16.6 Å². The Balaban J connectivity index is 1.49. The maximum atomic E-state index is 13.1. The van der Waals surface area contributed by atoms with Crippen molar-refractivity contribution in [2.75, 3.05) is 24.3 Å². The van der Waals surface area contributed by atoms with Crippen LogP contribution < -0.4 is 20.1 Å². The van der Waals surface area contributed by atoms with Gasteiger partial charge in [-0.2, -0.15) is 0 Å². The van der Waals surface area contributed by atoms with E-state index >= 15 is 0 Å². The Hall–Kier alpha value is -2.81. The summed E-state index contributed by atoms with van der Waals surface area (Å²) in [7, 11) is 0. The second kappa shape index (κ2) is 8.05. The summed E-state index contributed by atoms with van der Waals surface area (Å²) >= 11 is 0.983. The van der Waals surface area contributed by atoms with Crippen LogP contribution in [0.15, 0.2) is 41.3 Å². The normalized spacial score (nSPS) is 12.4. The van der Waals surface area contributed by atoms with Gasteiger partial charge in [-0.15, -0.1) is 11.8 Å². The number of carbonyl (C=O) groups is 2. The highest BCUT2D eigenvalue weighted by Gasteiger charge is 2.14. The van der Waals surface area contributed by atoms with Crippen LogP contribution in [0.2, 0.25) is 0 Å². The first-order valence-corrected chi connectivity index (χ1v) is 8.58. The van der Waals surface area contributed by atoms with Gasteiger partial charge >= 0.3 is 6.03 Å². The minimum atomic E-state index is -0.994. The van der Waals surface area contributed by atoms with E-state index in [1.54, 1.807) is 18.2 Å².